The molecule has 0 saturated carbocycles. The van der Waals surface area contributed by atoms with Crippen LogP contribution in [0, 0.1) is 0 Å². The smallest absolute Gasteiger partial charge is 0.184 e. The highest BCUT2D eigenvalue weighted by molar-refractivity contribution is 5.29. The van der Waals surface area contributed by atoms with Crippen LogP contribution in [-0.2, 0) is 16.0 Å². The summed E-state index contributed by atoms with van der Waals surface area (Å²) in [5.74, 6) is 0.917. The largest absolute Gasteiger partial charge is 0.494 e. The van der Waals surface area contributed by atoms with Gasteiger partial charge in [-0.1, -0.05) is 36.4 Å². The van der Waals surface area contributed by atoms with Crippen LogP contribution in [0.3, 0.4) is 0 Å². The van der Waals surface area contributed by atoms with E-state index in [0.29, 0.717) is 19.8 Å². The predicted molar refractivity (Wildman–Crippen MR) is 94.0 cm³/mol. The molecule has 1 atom stereocenters. The van der Waals surface area contributed by atoms with Gasteiger partial charge in [0, 0.05) is 18.2 Å². The Balaban J connectivity index is 1.52. The van der Waals surface area contributed by atoms with Gasteiger partial charge in [-0.25, -0.2) is 0 Å². The zero-order valence-corrected chi connectivity index (χ0v) is 14.3. The Bertz CT molecular complexity index is 618. The summed E-state index contributed by atoms with van der Waals surface area (Å²) in [7, 11) is 0. The summed E-state index contributed by atoms with van der Waals surface area (Å²) < 4.78 is 16.5. The number of benzene rings is 2. The molecule has 2 aromatic rings. The van der Waals surface area contributed by atoms with Gasteiger partial charge in [0.1, 0.15) is 5.75 Å². The lowest BCUT2D eigenvalue weighted by molar-refractivity contribution is -0.0441. The van der Waals surface area contributed by atoms with Crippen molar-refractivity contribution >= 4 is 0 Å². The van der Waals surface area contributed by atoms with E-state index in [1.165, 1.54) is 11.1 Å². The first-order valence-corrected chi connectivity index (χ1v) is 8.54. The molecule has 0 bridgehead atoms. The summed E-state index contributed by atoms with van der Waals surface area (Å²) in [6.45, 7) is 7.03. The van der Waals surface area contributed by atoms with E-state index in [2.05, 4.69) is 48.6 Å². The molecule has 1 fully saturated rings. The van der Waals surface area contributed by atoms with Crippen LogP contribution < -0.4 is 10.1 Å². The third-order valence-electron chi connectivity index (χ3n) is 4.18. The Morgan fingerprint density at radius 2 is 1.71 bits per heavy atom. The van der Waals surface area contributed by atoms with Gasteiger partial charge in [0.25, 0.3) is 0 Å². The number of hydrogen-bond acceptors (Lipinski definition) is 4. The summed E-state index contributed by atoms with van der Waals surface area (Å²) in [5.41, 5.74) is 3.58. The molecule has 0 amide bonds. The zero-order valence-electron chi connectivity index (χ0n) is 14.3. The van der Waals surface area contributed by atoms with Crippen molar-refractivity contribution in [3.63, 3.8) is 0 Å². The minimum atomic E-state index is -0.199. The molecule has 0 aliphatic carbocycles. The highest BCUT2D eigenvalue weighted by atomic mass is 16.7. The third kappa shape index (κ3) is 4.35. The van der Waals surface area contributed by atoms with Crippen molar-refractivity contribution in [2.75, 3.05) is 19.8 Å². The fraction of sp³-hybridized carbons (Fsp3) is 0.400. The number of ether oxygens (including phenoxy) is 3. The summed E-state index contributed by atoms with van der Waals surface area (Å²) in [6.07, 6.45) is -0.199. The molecule has 0 radical (unpaired) electrons. The fourth-order valence-electron chi connectivity index (χ4n) is 2.75. The maximum absolute atomic E-state index is 5.51. The second kappa shape index (κ2) is 8.29. The lowest BCUT2D eigenvalue weighted by atomic mass is 10.1. The molecule has 4 heteroatoms. The number of hydrogen-bond donors (Lipinski definition) is 1. The maximum atomic E-state index is 5.51. The van der Waals surface area contributed by atoms with E-state index in [1.807, 2.05) is 19.1 Å². The van der Waals surface area contributed by atoms with Crippen LogP contribution in [0.2, 0.25) is 0 Å². The average molecular weight is 327 g/mol. The quantitative estimate of drug-likeness (QED) is 0.835. The standard InChI is InChI=1S/C20H25NO3/c1-3-22-19-10-8-17(9-11-19)15(2)21-14-16-4-6-18(7-5-16)20-23-12-13-24-20/h4-11,15,20-21H,3,12-14H2,1-2H3. The van der Waals surface area contributed by atoms with E-state index in [4.69, 9.17) is 14.2 Å². The van der Waals surface area contributed by atoms with E-state index in [9.17, 15) is 0 Å². The number of nitrogens with one attached hydrogen (secondary N) is 1. The molecule has 0 spiro atoms. The van der Waals surface area contributed by atoms with E-state index in [1.54, 1.807) is 0 Å². The lowest BCUT2D eigenvalue weighted by Crippen LogP contribution is -2.18. The first kappa shape index (κ1) is 17.0. The normalized spacial score (nSPS) is 16.2. The first-order chi connectivity index (χ1) is 11.8. The molecule has 1 aliphatic heterocycles. The van der Waals surface area contributed by atoms with Gasteiger partial charge in [-0.15, -0.1) is 0 Å². The Kier molecular flexibility index (Phi) is 5.86. The molecule has 2 aromatic carbocycles. The SMILES string of the molecule is CCOc1ccc(C(C)NCc2ccc(C3OCCO3)cc2)cc1. The number of rotatable bonds is 7. The zero-order chi connectivity index (χ0) is 16.8. The van der Waals surface area contributed by atoms with E-state index in [0.717, 1.165) is 17.9 Å². The van der Waals surface area contributed by atoms with Crippen molar-refractivity contribution in [2.45, 2.75) is 32.7 Å². The minimum absolute atomic E-state index is 0.199. The van der Waals surface area contributed by atoms with Crippen molar-refractivity contribution in [3.05, 3.63) is 65.2 Å². The third-order valence-corrected chi connectivity index (χ3v) is 4.18. The van der Waals surface area contributed by atoms with Gasteiger partial charge in [-0.3, -0.25) is 0 Å². The fourth-order valence-corrected chi connectivity index (χ4v) is 2.75. The van der Waals surface area contributed by atoms with Crippen LogP contribution >= 0.6 is 0 Å². The monoisotopic (exact) mass is 327 g/mol. The van der Waals surface area contributed by atoms with Gasteiger partial charge in [0.05, 0.1) is 19.8 Å². The molecule has 0 aromatic heterocycles. The van der Waals surface area contributed by atoms with Gasteiger partial charge in [-0.2, -0.15) is 0 Å². The van der Waals surface area contributed by atoms with Crippen molar-refractivity contribution in [1.82, 2.24) is 5.32 Å². The molecular weight excluding hydrogens is 302 g/mol. The highest BCUT2D eigenvalue weighted by Gasteiger charge is 2.17. The summed E-state index contributed by atoms with van der Waals surface area (Å²) >= 11 is 0. The molecule has 1 N–H and O–H groups in total. The molecule has 1 heterocycles. The molecular formula is C20H25NO3. The molecule has 24 heavy (non-hydrogen) atoms. The second-order valence-electron chi connectivity index (χ2n) is 5.92. The van der Waals surface area contributed by atoms with Crippen LogP contribution in [0.4, 0.5) is 0 Å². The van der Waals surface area contributed by atoms with Crippen LogP contribution in [0.15, 0.2) is 48.5 Å². The van der Waals surface area contributed by atoms with E-state index < -0.39 is 0 Å². The van der Waals surface area contributed by atoms with Crippen molar-refractivity contribution in [1.29, 1.82) is 0 Å². The molecule has 4 nitrogen and oxygen atoms in total. The molecule has 1 unspecified atom stereocenters. The van der Waals surface area contributed by atoms with Gasteiger partial charge in [0.2, 0.25) is 0 Å². The Hall–Kier alpha value is -1.88. The summed E-state index contributed by atoms with van der Waals surface area (Å²) in [6, 6.07) is 16.9. The molecule has 1 saturated heterocycles. The molecule has 3 rings (SSSR count). The Labute approximate surface area is 143 Å². The van der Waals surface area contributed by atoms with Crippen LogP contribution in [0.5, 0.6) is 5.75 Å². The second-order valence-corrected chi connectivity index (χ2v) is 5.92. The highest BCUT2D eigenvalue weighted by Crippen LogP contribution is 2.23. The van der Waals surface area contributed by atoms with Crippen molar-refractivity contribution in [3.8, 4) is 5.75 Å². The molecule has 128 valence electrons. The van der Waals surface area contributed by atoms with Crippen LogP contribution in [0.1, 0.15) is 42.9 Å². The minimum Gasteiger partial charge on any atom is -0.494 e. The van der Waals surface area contributed by atoms with Gasteiger partial charge in [-0.05, 0) is 37.1 Å². The lowest BCUT2D eigenvalue weighted by Gasteiger charge is -2.15. The van der Waals surface area contributed by atoms with Gasteiger partial charge in [0.15, 0.2) is 6.29 Å². The molecule has 1 aliphatic rings. The van der Waals surface area contributed by atoms with Gasteiger partial charge >= 0.3 is 0 Å². The summed E-state index contributed by atoms with van der Waals surface area (Å²) in [4.78, 5) is 0. The van der Waals surface area contributed by atoms with E-state index in [-0.39, 0.29) is 12.3 Å². The topological polar surface area (TPSA) is 39.7 Å². The Morgan fingerprint density at radius 3 is 2.33 bits per heavy atom. The first-order valence-electron chi connectivity index (χ1n) is 8.54. The summed E-state index contributed by atoms with van der Waals surface area (Å²) in [5, 5.41) is 3.55. The van der Waals surface area contributed by atoms with Crippen LogP contribution in [0.25, 0.3) is 0 Å². The van der Waals surface area contributed by atoms with Crippen LogP contribution in [-0.4, -0.2) is 19.8 Å². The van der Waals surface area contributed by atoms with Crippen molar-refractivity contribution < 1.29 is 14.2 Å². The Morgan fingerprint density at radius 1 is 1.04 bits per heavy atom. The average Bonchev–Trinajstić information content (AvgIpc) is 3.16. The van der Waals surface area contributed by atoms with Crippen molar-refractivity contribution in [2.24, 2.45) is 0 Å². The predicted octanol–water partition coefficient (Wildman–Crippen LogP) is 3.98. The van der Waals surface area contributed by atoms with E-state index >= 15 is 0 Å². The van der Waals surface area contributed by atoms with Gasteiger partial charge < -0.3 is 19.5 Å². The maximum Gasteiger partial charge on any atom is 0.184 e.